The van der Waals surface area contributed by atoms with Gasteiger partial charge in [0, 0.05) is 21.8 Å². The minimum absolute atomic E-state index is 0.0721. The van der Waals surface area contributed by atoms with Gasteiger partial charge in [0.05, 0.1) is 0 Å². The molecule has 0 bridgehead atoms. The summed E-state index contributed by atoms with van der Waals surface area (Å²) < 4.78 is 0. The van der Waals surface area contributed by atoms with Crippen LogP contribution < -0.4 is 0 Å². The van der Waals surface area contributed by atoms with Gasteiger partial charge in [0.15, 0.2) is 5.78 Å². The van der Waals surface area contributed by atoms with Crippen LogP contribution in [-0.4, -0.2) is 5.78 Å². The van der Waals surface area contributed by atoms with Gasteiger partial charge < -0.3 is 0 Å². The van der Waals surface area contributed by atoms with Crippen molar-refractivity contribution in [3.63, 3.8) is 0 Å². The molecule has 0 aliphatic heterocycles. The number of ketones is 1. The van der Waals surface area contributed by atoms with Crippen molar-refractivity contribution in [1.82, 2.24) is 0 Å². The molecule has 0 N–H and O–H groups in total. The lowest BCUT2D eigenvalue weighted by atomic mass is 10.0. The van der Waals surface area contributed by atoms with E-state index in [2.05, 4.69) is 12.1 Å². The molecule has 0 aromatic heterocycles. The molecular formula is C20H16OS. The molecule has 3 rings (SSSR count). The summed E-state index contributed by atoms with van der Waals surface area (Å²) in [5.41, 5.74) is 2.69. The quantitative estimate of drug-likeness (QED) is 0.475. The van der Waals surface area contributed by atoms with Gasteiger partial charge in [-0.3, -0.25) is 4.79 Å². The molecule has 0 atom stereocenters. The standard InChI is InChI=1S/C20H16OS/c21-20(17-7-3-1-4-8-17)18-13-11-16(12-14-18)15-22-19-9-5-2-6-10-19/h1-14H,15H2. The van der Waals surface area contributed by atoms with Gasteiger partial charge in [-0.25, -0.2) is 0 Å². The number of carbonyl (C=O) groups excluding carboxylic acids is 1. The van der Waals surface area contributed by atoms with E-state index in [0.717, 1.165) is 16.9 Å². The van der Waals surface area contributed by atoms with E-state index in [9.17, 15) is 4.79 Å². The second-order valence-corrected chi connectivity index (χ2v) is 6.04. The number of hydrogen-bond donors (Lipinski definition) is 0. The van der Waals surface area contributed by atoms with Crippen molar-refractivity contribution in [3.05, 3.63) is 102 Å². The Balaban J connectivity index is 1.67. The zero-order valence-electron chi connectivity index (χ0n) is 12.1. The van der Waals surface area contributed by atoms with Crippen molar-refractivity contribution in [1.29, 1.82) is 0 Å². The summed E-state index contributed by atoms with van der Waals surface area (Å²) in [7, 11) is 0. The fraction of sp³-hybridized carbons (Fsp3) is 0.0500. The third-order valence-electron chi connectivity index (χ3n) is 3.40. The zero-order chi connectivity index (χ0) is 15.2. The van der Waals surface area contributed by atoms with Crippen LogP contribution in [0, 0.1) is 0 Å². The number of benzene rings is 3. The molecule has 0 heterocycles. The number of thioether (sulfide) groups is 1. The summed E-state index contributed by atoms with van der Waals surface area (Å²) in [6, 6.07) is 27.6. The Morgan fingerprint density at radius 3 is 1.86 bits per heavy atom. The molecule has 0 saturated carbocycles. The highest BCUT2D eigenvalue weighted by molar-refractivity contribution is 7.98. The maximum absolute atomic E-state index is 12.3. The van der Waals surface area contributed by atoms with Gasteiger partial charge in [0.1, 0.15) is 0 Å². The van der Waals surface area contributed by atoms with Crippen molar-refractivity contribution in [2.24, 2.45) is 0 Å². The highest BCUT2D eigenvalue weighted by Gasteiger charge is 2.08. The van der Waals surface area contributed by atoms with Crippen LogP contribution in [0.3, 0.4) is 0 Å². The van der Waals surface area contributed by atoms with E-state index in [1.807, 2.05) is 72.8 Å². The summed E-state index contributed by atoms with van der Waals surface area (Å²) in [5.74, 6) is 0.979. The topological polar surface area (TPSA) is 17.1 Å². The highest BCUT2D eigenvalue weighted by atomic mass is 32.2. The van der Waals surface area contributed by atoms with Crippen LogP contribution in [0.5, 0.6) is 0 Å². The van der Waals surface area contributed by atoms with Crippen LogP contribution in [0.4, 0.5) is 0 Å². The van der Waals surface area contributed by atoms with Crippen molar-refractivity contribution in [2.45, 2.75) is 10.6 Å². The lowest BCUT2D eigenvalue weighted by molar-refractivity contribution is 0.103. The van der Waals surface area contributed by atoms with E-state index in [0.29, 0.717) is 0 Å². The monoisotopic (exact) mass is 304 g/mol. The molecular weight excluding hydrogens is 288 g/mol. The molecule has 0 radical (unpaired) electrons. The molecule has 1 nitrogen and oxygen atoms in total. The maximum Gasteiger partial charge on any atom is 0.193 e. The normalized spacial score (nSPS) is 10.4. The maximum atomic E-state index is 12.3. The van der Waals surface area contributed by atoms with Crippen LogP contribution in [0.2, 0.25) is 0 Å². The average molecular weight is 304 g/mol. The first-order valence-corrected chi connectivity index (χ1v) is 8.18. The van der Waals surface area contributed by atoms with Crippen molar-refractivity contribution < 1.29 is 4.79 Å². The van der Waals surface area contributed by atoms with Crippen LogP contribution in [-0.2, 0) is 5.75 Å². The Morgan fingerprint density at radius 2 is 1.23 bits per heavy atom. The van der Waals surface area contributed by atoms with Crippen molar-refractivity contribution in [3.8, 4) is 0 Å². The molecule has 0 fully saturated rings. The fourth-order valence-corrected chi connectivity index (χ4v) is 3.07. The van der Waals surface area contributed by atoms with Crippen LogP contribution >= 0.6 is 11.8 Å². The Kier molecular flexibility index (Phi) is 4.71. The second-order valence-electron chi connectivity index (χ2n) is 4.99. The highest BCUT2D eigenvalue weighted by Crippen LogP contribution is 2.22. The molecule has 3 aromatic rings. The van der Waals surface area contributed by atoms with E-state index in [-0.39, 0.29) is 5.78 Å². The predicted molar refractivity (Wildman–Crippen MR) is 92.3 cm³/mol. The lowest BCUT2D eigenvalue weighted by Gasteiger charge is -2.04. The smallest absolute Gasteiger partial charge is 0.193 e. The minimum Gasteiger partial charge on any atom is -0.289 e. The first-order valence-electron chi connectivity index (χ1n) is 7.19. The van der Waals surface area contributed by atoms with Gasteiger partial charge in [-0.2, -0.15) is 0 Å². The van der Waals surface area contributed by atoms with E-state index in [1.54, 1.807) is 11.8 Å². The SMILES string of the molecule is O=C(c1ccccc1)c1ccc(CSc2ccccc2)cc1. The summed E-state index contributed by atoms with van der Waals surface area (Å²) in [6.45, 7) is 0. The minimum atomic E-state index is 0.0721. The molecule has 0 amide bonds. The summed E-state index contributed by atoms with van der Waals surface area (Å²) >= 11 is 1.80. The van der Waals surface area contributed by atoms with E-state index >= 15 is 0 Å². The Labute approximate surface area is 135 Å². The lowest BCUT2D eigenvalue weighted by Crippen LogP contribution is -2.00. The molecule has 0 spiro atoms. The third-order valence-corrected chi connectivity index (χ3v) is 4.48. The molecule has 108 valence electrons. The fourth-order valence-electron chi connectivity index (χ4n) is 2.19. The average Bonchev–Trinajstić information content (AvgIpc) is 2.61. The molecule has 0 saturated heterocycles. The zero-order valence-corrected chi connectivity index (χ0v) is 12.9. The first kappa shape index (κ1) is 14.6. The molecule has 2 heteroatoms. The molecule has 22 heavy (non-hydrogen) atoms. The van der Waals surface area contributed by atoms with Crippen LogP contribution in [0.25, 0.3) is 0 Å². The molecule has 0 unspecified atom stereocenters. The van der Waals surface area contributed by atoms with E-state index < -0.39 is 0 Å². The Hall–Kier alpha value is -2.32. The van der Waals surface area contributed by atoms with E-state index in [4.69, 9.17) is 0 Å². The van der Waals surface area contributed by atoms with Gasteiger partial charge in [0.25, 0.3) is 0 Å². The van der Waals surface area contributed by atoms with Crippen molar-refractivity contribution in [2.75, 3.05) is 0 Å². The second kappa shape index (κ2) is 7.10. The summed E-state index contributed by atoms with van der Waals surface area (Å²) in [6.07, 6.45) is 0. The van der Waals surface area contributed by atoms with Gasteiger partial charge in [-0.1, -0.05) is 72.8 Å². The number of hydrogen-bond acceptors (Lipinski definition) is 2. The molecule has 0 aliphatic rings. The Bertz CT molecular complexity index is 734. The van der Waals surface area contributed by atoms with E-state index in [1.165, 1.54) is 10.5 Å². The van der Waals surface area contributed by atoms with Crippen LogP contribution in [0.1, 0.15) is 21.5 Å². The van der Waals surface area contributed by atoms with Crippen molar-refractivity contribution >= 4 is 17.5 Å². The first-order chi connectivity index (χ1) is 10.8. The summed E-state index contributed by atoms with van der Waals surface area (Å²) in [5, 5.41) is 0. The number of rotatable bonds is 5. The van der Waals surface area contributed by atoms with Gasteiger partial charge in [-0.05, 0) is 17.7 Å². The Morgan fingerprint density at radius 1 is 0.682 bits per heavy atom. The van der Waals surface area contributed by atoms with Gasteiger partial charge in [-0.15, -0.1) is 11.8 Å². The largest absolute Gasteiger partial charge is 0.289 e. The summed E-state index contributed by atoms with van der Waals surface area (Å²) in [4.78, 5) is 13.6. The third kappa shape index (κ3) is 3.66. The van der Waals surface area contributed by atoms with Gasteiger partial charge in [0.2, 0.25) is 0 Å². The van der Waals surface area contributed by atoms with Crippen LogP contribution in [0.15, 0.2) is 89.8 Å². The van der Waals surface area contributed by atoms with Gasteiger partial charge >= 0.3 is 0 Å². The molecule has 3 aromatic carbocycles. The molecule has 0 aliphatic carbocycles. The predicted octanol–water partition coefficient (Wildman–Crippen LogP) is 5.21. The number of carbonyl (C=O) groups is 1.